The second kappa shape index (κ2) is 5.67. The summed E-state index contributed by atoms with van der Waals surface area (Å²) in [5.74, 6) is 0.681. The van der Waals surface area contributed by atoms with Crippen LogP contribution in [-0.2, 0) is 6.42 Å². The summed E-state index contributed by atoms with van der Waals surface area (Å²) in [5, 5.41) is 0. The van der Waals surface area contributed by atoms with Crippen molar-refractivity contribution in [1.82, 2.24) is 0 Å². The Labute approximate surface area is 107 Å². The molecule has 0 spiro atoms. The summed E-state index contributed by atoms with van der Waals surface area (Å²) in [5.41, 5.74) is 2.13. The summed E-state index contributed by atoms with van der Waals surface area (Å²) >= 11 is 0. The molecule has 2 heteroatoms. The van der Waals surface area contributed by atoms with Crippen LogP contribution in [0.1, 0.15) is 25.0 Å². The summed E-state index contributed by atoms with van der Waals surface area (Å²) in [4.78, 5) is 0. The van der Waals surface area contributed by atoms with Gasteiger partial charge in [0.15, 0.2) is 0 Å². The molecule has 0 aliphatic carbocycles. The van der Waals surface area contributed by atoms with Crippen LogP contribution in [-0.4, -0.2) is 6.10 Å². The van der Waals surface area contributed by atoms with Crippen molar-refractivity contribution >= 4 is 0 Å². The van der Waals surface area contributed by atoms with Crippen LogP contribution in [0.5, 0.6) is 5.75 Å². The van der Waals surface area contributed by atoms with Crippen molar-refractivity contribution in [1.29, 1.82) is 0 Å². The van der Waals surface area contributed by atoms with Crippen LogP contribution in [0.25, 0.3) is 0 Å². The van der Waals surface area contributed by atoms with Crippen molar-refractivity contribution in [3.05, 3.63) is 65.5 Å². The Bertz CT molecular complexity index is 503. The number of rotatable bonds is 4. The fourth-order valence-corrected chi connectivity index (χ4v) is 1.84. The van der Waals surface area contributed by atoms with E-state index in [1.807, 2.05) is 44.2 Å². The highest BCUT2D eigenvalue weighted by molar-refractivity contribution is 5.31. The maximum atomic E-state index is 13.1. The van der Waals surface area contributed by atoms with E-state index in [1.165, 1.54) is 6.07 Å². The summed E-state index contributed by atoms with van der Waals surface area (Å²) in [7, 11) is 0. The molecule has 0 aliphatic heterocycles. The molecule has 0 saturated carbocycles. The zero-order valence-electron chi connectivity index (χ0n) is 10.7. The van der Waals surface area contributed by atoms with Crippen molar-refractivity contribution in [2.75, 3.05) is 0 Å². The lowest BCUT2D eigenvalue weighted by molar-refractivity contribution is 0.242. The maximum absolute atomic E-state index is 13.1. The van der Waals surface area contributed by atoms with Crippen molar-refractivity contribution < 1.29 is 9.13 Å². The third-order valence-corrected chi connectivity index (χ3v) is 2.59. The van der Waals surface area contributed by atoms with E-state index < -0.39 is 0 Å². The van der Waals surface area contributed by atoms with Crippen LogP contribution in [0.4, 0.5) is 4.39 Å². The van der Waals surface area contributed by atoms with Crippen LogP contribution in [0.2, 0.25) is 0 Å². The minimum atomic E-state index is -0.188. The monoisotopic (exact) mass is 244 g/mol. The number of hydrogen-bond donors (Lipinski definition) is 0. The van der Waals surface area contributed by atoms with E-state index in [4.69, 9.17) is 4.74 Å². The van der Waals surface area contributed by atoms with E-state index >= 15 is 0 Å². The fourth-order valence-electron chi connectivity index (χ4n) is 1.84. The van der Waals surface area contributed by atoms with E-state index in [1.54, 1.807) is 12.1 Å². The summed E-state index contributed by atoms with van der Waals surface area (Å²) < 4.78 is 18.6. The van der Waals surface area contributed by atoms with Crippen molar-refractivity contribution in [3.63, 3.8) is 0 Å². The van der Waals surface area contributed by atoms with Gasteiger partial charge in [-0.25, -0.2) is 4.39 Å². The molecule has 2 aromatic rings. The number of hydrogen-bond acceptors (Lipinski definition) is 1. The van der Waals surface area contributed by atoms with Gasteiger partial charge in [0.2, 0.25) is 0 Å². The Morgan fingerprint density at radius 3 is 2.33 bits per heavy atom. The third kappa shape index (κ3) is 3.59. The third-order valence-electron chi connectivity index (χ3n) is 2.59. The van der Waals surface area contributed by atoms with Gasteiger partial charge in [0.05, 0.1) is 6.10 Å². The molecule has 0 amide bonds. The van der Waals surface area contributed by atoms with Crippen LogP contribution >= 0.6 is 0 Å². The average Bonchev–Trinajstić information content (AvgIpc) is 2.31. The normalized spacial score (nSPS) is 10.7. The van der Waals surface area contributed by atoms with E-state index in [-0.39, 0.29) is 11.9 Å². The number of ether oxygens (including phenoxy) is 1. The quantitative estimate of drug-likeness (QED) is 0.783. The summed E-state index contributed by atoms with van der Waals surface area (Å²) in [6, 6.07) is 14.6. The molecule has 2 rings (SSSR count). The Morgan fingerprint density at radius 1 is 1.00 bits per heavy atom. The molecular weight excluding hydrogens is 227 g/mol. The molecule has 18 heavy (non-hydrogen) atoms. The first-order valence-corrected chi connectivity index (χ1v) is 6.13. The van der Waals surface area contributed by atoms with Crippen LogP contribution in [0, 0.1) is 5.82 Å². The highest BCUT2D eigenvalue weighted by atomic mass is 19.1. The first-order chi connectivity index (χ1) is 8.63. The smallest absolute Gasteiger partial charge is 0.123 e. The first-order valence-electron chi connectivity index (χ1n) is 6.13. The highest BCUT2D eigenvalue weighted by Crippen LogP contribution is 2.16. The van der Waals surface area contributed by atoms with Gasteiger partial charge in [0, 0.05) is 0 Å². The molecule has 0 fully saturated rings. The molecule has 0 atom stereocenters. The van der Waals surface area contributed by atoms with Gasteiger partial charge in [0.25, 0.3) is 0 Å². The predicted octanol–water partition coefficient (Wildman–Crippen LogP) is 4.20. The molecule has 1 nitrogen and oxygen atoms in total. The van der Waals surface area contributed by atoms with Gasteiger partial charge < -0.3 is 4.74 Å². The van der Waals surface area contributed by atoms with Gasteiger partial charge in [-0.3, -0.25) is 0 Å². The van der Waals surface area contributed by atoms with E-state index in [0.29, 0.717) is 0 Å². The van der Waals surface area contributed by atoms with Gasteiger partial charge in [-0.2, -0.15) is 0 Å². The Kier molecular flexibility index (Phi) is 3.98. The minimum absolute atomic E-state index is 0.180. The van der Waals surface area contributed by atoms with Crippen molar-refractivity contribution in [2.45, 2.75) is 26.4 Å². The molecule has 0 radical (unpaired) electrons. The number of halogens is 1. The van der Waals surface area contributed by atoms with Crippen molar-refractivity contribution in [2.24, 2.45) is 0 Å². The molecule has 0 saturated heterocycles. The van der Waals surface area contributed by atoms with Crippen LogP contribution in [0.15, 0.2) is 48.5 Å². The molecule has 0 unspecified atom stereocenters. The van der Waals surface area contributed by atoms with Crippen LogP contribution < -0.4 is 4.74 Å². The van der Waals surface area contributed by atoms with Gasteiger partial charge >= 0.3 is 0 Å². The lowest BCUT2D eigenvalue weighted by Crippen LogP contribution is -2.05. The first kappa shape index (κ1) is 12.6. The predicted molar refractivity (Wildman–Crippen MR) is 71.4 cm³/mol. The molecule has 0 aliphatic rings. The molecule has 0 bridgehead atoms. The Morgan fingerprint density at radius 2 is 1.72 bits per heavy atom. The summed E-state index contributed by atoms with van der Waals surface area (Å²) in [6.07, 6.45) is 0.916. The van der Waals surface area contributed by atoms with E-state index in [9.17, 15) is 4.39 Å². The molecule has 0 N–H and O–H groups in total. The zero-order valence-corrected chi connectivity index (χ0v) is 10.7. The minimum Gasteiger partial charge on any atom is -0.491 e. The lowest BCUT2D eigenvalue weighted by Gasteiger charge is -2.10. The van der Waals surface area contributed by atoms with E-state index in [0.717, 1.165) is 23.3 Å². The molecule has 2 aromatic carbocycles. The van der Waals surface area contributed by atoms with E-state index in [2.05, 4.69) is 0 Å². The topological polar surface area (TPSA) is 9.23 Å². The Balaban J connectivity index is 2.06. The fraction of sp³-hybridized carbons (Fsp3) is 0.250. The molecule has 94 valence electrons. The zero-order chi connectivity index (χ0) is 13.0. The van der Waals surface area contributed by atoms with Crippen LogP contribution in [0.3, 0.4) is 0 Å². The SMILES string of the molecule is CC(C)Oc1ccc(Cc2cccc(F)c2)cc1. The van der Waals surface area contributed by atoms with Gasteiger partial charge in [-0.1, -0.05) is 24.3 Å². The summed E-state index contributed by atoms with van der Waals surface area (Å²) in [6.45, 7) is 4.00. The molecular formula is C16H17FO. The van der Waals surface area contributed by atoms with Gasteiger partial charge in [-0.15, -0.1) is 0 Å². The average molecular weight is 244 g/mol. The second-order valence-electron chi connectivity index (χ2n) is 4.62. The van der Waals surface area contributed by atoms with Gasteiger partial charge in [0.1, 0.15) is 11.6 Å². The standard InChI is InChI=1S/C16H17FO/c1-12(2)18-16-8-6-13(7-9-16)10-14-4-3-5-15(17)11-14/h3-9,11-12H,10H2,1-2H3. The molecule has 0 aromatic heterocycles. The lowest BCUT2D eigenvalue weighted by atomic mass is 10.0. The maximum Gasteiger partial charge on any atom is 0.123 e. The second-order valence-corrected chi connectivity index (χ2v) is 4.62. The Hall–Kier alpha value is -1.83. The highest BCUT2D eigenvalue weighted by Gasteiger charge is 2.00. The largest absolute Gasteiger partial charge is 0.491 e. The molecule has 0 heterocycles. The number of benzene rings is 2. The van der Waals surface area contributed by atoms with Gasteiger partial charge in [-0.05, 0) is 55.7 Å². The van der Waals surface area contributed by atoms with Crippen molar-refractivity contribution in [3.8, 4) is 5.75 Å².